The molecule has 35 heavy (non-hydrogen) atoms. The molecule has 4 rings (SSSR count). The molecule has 2 amide bonds. The summed E-state index contributed by atoms with van der Waals surface area (Å²) in [5.74, 6) is -1.35. The Hall–Kier alpha value is -3.14. The number of rotatable bonds is 6. The Labute approximate surface area is 201 Å². The van der Waals surface area contributed by atoms with Crippen LogP contribution in [0.4, 0.5) is 23.2 Å². The number of nitrogens with one attached hydrogen (secondary N) is 2. The first-order chi connectivity index (χ1) is 16.7. The predicted molar refractivity (Wildman–Crippen MR) is 124 cm³/mol. The van der Waals surface area contributed by atoms with Gasteiger partial charge in [-0.05, 0) is 61.7 Å². The summed E-state index contributed by atoms with van der Waals surface area (Å²) in [7, 11) is 0. The minimum absolute atomic E-state index is 0.0388. The molecule has 2 N–H and O–H groups in total. The van der Waals surface area contributed by atoms with E-state index in [0.29, 0.717) is 12.6 Å². The molecule has 0 radical (unpaired) electrons. The molecule has 0 bridgehead atoms. The van der Waals surface area contributed by atoms with E-state index in [1.807, 2.05) is 0 Å². The average Bonchev–Trinajstić information content (AvgIpc) is 3.31. The fourth-order valence-electron chi connectivity index (χ4n) is 4.76. The monoisotopic (exact) mass is 492 g/mol. The number of carbonyl (C=O) groups is 2. The van der Waals surface area contributed by atoms with E-state index in [2.05, 4.69) is 20.4 Å². The first-order valence-corrected chi connectivity index (χ1v) is 11.7. The van der Waals surface area contributed by atoms with Crippen molar-refractivity contribution in [3.05, 3.63) is 65.5 Å². The van der Waals surface area contributed by atoms with Crippen molar-refractivity contribution < 1.29 is 27.2 Å². The molecular weight excluding hydrogens is 464 g/mol. The maximum atomic E-state index is 13.2. The molecule has 2 aromatic rings. The molecule has 188 valence electrons. The second-order valence-electron chi connectivity index (χ2n) is 9.00. The maximum Gasteiger partial charge on any atom is 0.416 e. The molecule has 0 saturated carbocycles. The van der Waals surface area contributed by atoms with Gasteiger partial charge in [0.2, 0.25) is 5.91 Å². The number of carbonyl (C=O) groups excluding carboxylic acids is 2. The van der Waals surface area contributed by atoms with Gasteiger partial charge in [0.1, 0.15) is 5.82 Å². The number of benzene rings is 2. The van der Waals surface area contributed by atoms with Gasteiger partial charge in [-0.15, -0.1) is 0 Å². The summed E-state index contributed by atoms with van der Waals surface area (Å²) in [4.78, 5) is 29.1. The lowest BCUT2D eigenvalue weighted by molar-refractivity contribution is -0.137. The number of amides is 2. The quantitative estimate of drug-likeness (QED) is 0.607. The summed E-state index contributed by atoms with van der Waals surface area (Å²) in [6, 6.07) is 11.0. The van der Waals surface area contributed by atoms with Crippen LogP contribution in [0.3, 0.4) is 0 Å². The molecule has 0 unspecified atom stereocenters. The third kappa shape index (κ3) is 6.50. The maximum absolute atomic E-state index is 13.2. The van der Waals surface area contributed by atoms with E-state index in [4.69, 9.17) is 0 Å². The van der Waals surface area contributed by atoms with Crippen LogP contribution in [0.15, 0.2) is 48.5 Å². The van der Waals surface area contributed by atoms with E-state index in [-0.39, 0.29) is 29.9 Å². The molecule has 2 aliphatic heterocycles. The van der Waals surface area contributed by atoms with Crippen LogP contribution >= 0.6 is 0 Å². The summed E-state index contributed by atoms with van der Waals surface area (Å²) >= 11 is 0. The van der Waals surface area contributed by atoms with Gasteiger partial charge in [0.15, 0.2) is 0 Å². The predicted octanol–water partition coefficient (Wildman–Crippen LogP) is 3.43. The van der Waals surface area contributed by atoms with Crippen molar-refractivity contribution in [3.63, 3.8) is 0 Å². The van der Waals surface area contributed by atoms with E-state index < -0.39 is 17.6 Å². The van der Waals surface area contributed by atoms with Crippen LogP contribution in [-0.4, -0.2) is 61.5 Å². The summed E-state index contributed by atoms with van der Waals surface area (Å²) in [6.45, 7) is 3.04. The van der Waals surface area contributed by atoms with Crippen molar-refractivity contribution in [1.29, 1.82) is 0 Å². The number of hydrogen-bond donors (Lipinski definition) is 2. The normalized spacial score (nSPS) is 19.5. The Morgan fingerprint density at radius 1 is 0.971 bits per heavy atom. The molecule has 0 aliphatic carbocycles. The Kier molecular flexibility index (Phi) is 7.59. The van der Waals surface area contributed by atoms with Gasteiger partial charge in [0.25, 0.3) is 5.91 Å². The second-order valence-corrected chi connectivity index (χ2v) is 9.00. The Balaban J connectivity index is 1.19. The van der Waals surface area contributed by atoms with Crippen molar-refractivity contribution in [1.82, 2.24) is 15.5 Å². The molecule has 6 nitrogen and oxygen atoms in total. The van der Waals surface area contributed by atoms with Crippen LogP contribution in [0.2, 0.25) is 0 Å². The van der Waals surface area contributed by atoms with Gasteiger partial charge in [-0.3, -0.25) is 14.5 Å². The molecule has 0 aromatic heterocycles. The fourth-order valence-corrected chi connectivity index (χ4v) is 4.76. The summed E-state index contributed by atoms with van der Waals surface area (Å²) in [6.07, 6.45) is -1.79. The molecule has 10 heteroatoms. The van der Waals surface area contributed by atoms with E-state index in [0.717, 1.165) is 62.8 Å². The Morgan fingerprint density at radius 3 is 2.37 bits per heavy atom. The van der Waals surface area contributed by atoms with Crippen LogP contribution in [0.1, 0.15) is 35.2 Å². The highest BCUT2D eigenvalue weighted by Crippen LogP contribution is 2.29. The van der Waals surface area contributed by atoms with Gasteiger partial charge in [-0.2, -0.15) is 13.2 Å². The van der Waals surface area contributed by atoms with Gasteiger partial charge in [-0.25, -0.2) is 4.39 Å². The zero-order valence-electron chi connectivity index (χ0n) is 19.2. The van der Waals surface area contributed by atoms with Crippen molar-refractivity contribution in [3.8, 4) is 0 Å². The molecule has 0 spiro atoms. The number of piperidine rings is 1. The molecular formula is C25H28F4N4O2. The SMILES string of the molecule is O=C(CNC(=O)c1cccc(C(F)(F)F)c1)N[C@@H]1CCN(C2CCN(c3ccc(F)cc3)CC2)C1. The lowest BCUT2D eigenvalue weighted by atomic mass is 10.0. The third-order valence-corrected chi connectivity index (χ3v) is 6.62. The van der Waals surface area contributed by atoms with E-state index in [1.54, 1.807) is 12.1 Å². The van der Waals surface area contributed by atoms with Crippen molar-refractivity contribution in [2.45, 2.75) is 37.5 Å². The van der Waals surface area contributed by atoms with E-state index in [9.17, 15) is 27.2 Å². The van der Waals surface area contributed by atoms with Crippen molar-refractivity contribution in [2.75, 3.05) is 37.6 Å². The highest BCUT2D eigenvalue weighted by atomic mass is 19.4. The van der Waals surface area contributed by atoms with Gasteiger partial charge < -0.3 is 15.5 Å². The Bertz CT molecular complexity index is 1040. The molecule has 2 heterocycles. The van der Waals surface area contributed by atoms with Crippen LogP contribution < -0.4 is 15.5 Å². The lowest BCUT2D eigenvalue weighted by Crippen LogP contribution is -2.46. The van der Waals surface area contributed by atoms with Crippen molar-refractivity contribution in [2.24, 2.45) is 0 Å². The molecule has 2 fully saturated rings. The molecule has 2 saturated heterocycles. The topological polar surface area (TPSA) is 64.7 Å². The smallest absolute Gasteiger partial charge is 0.371 e. The lowest BCUT2D eigenvalue weighted by Gasteiger charge is -2.38. The van der Waals surface area contributed by atoms with Crippen LogP contribution in [0, 0.1) is 5.82 Å². The van der Waals surface area contributed by atoms with E-state index in [1.165, 1.54) is 18.2 Å². The van der Waals surface area contributed by atoms with Crippen molar-refractivity contribution >= 4 is 17.5 Å². The summed E-state index contributed by atoms with van der Waals surface area (Å²) < 4.78 is 51.7. The average molecular weight is 493 g/mol. The number of alkyl halides is 3. The number of anilines is 1. The summed E-state index contributed by atoms with van der Waals surface area (Å²) in [5, 5.41) is 5.30. The number of halogens is 4. The zero-order valence-corrected chi connectivity index (χ0v) is 19.2. The van der Waals surface area contributed by atoms with Gasteiger partial charge in [0.05, 0.1) is 12.1 Å². The van der Waals surface area contributed by atoms with Crippen LogP contribution in [0.25, 0.3) is 0 Å². The molecule has 1 atom stereocenters. The van der Waals surface area contributed by atoms with Gasteiger partial charge >= 0.3 is 6.18 Å². The molecule has 2 aliphatic rings. The van der Waals surface area contributed by atoms with E-state index >= 15 is 0 Å². The first kappa shape index (κ1) is 25.0. The van der Waals surface area contributed by atoms with Gasteiger partial charge in [-0.1, -0.05) is 6.07 Å². The van der Waals surface area contributed by atoms with Crippen LogP contribution in [-0.2, 0) is 11.0 Å². The standard InChI is InChI=1S/C25H28F4N4O2/c26-19-4-6-21(7-5-19)32-12-9-22(10-13-32)33-11-8-20(16-33)31-23(34)15-30-24(35)17-2-1-3-18(14-17)25(27,28)29/h1-7,14,20,22H,8-13,15-16H2,(H,30,35)(H,31,34)/t20-/m1/s1. The number of nitrogens with zero attached hydrogens (tertiary/aromatic N) is 2. The summed E-state index contributed by atoms with van der Waals surface area (Å²) in [5.41, 5.74) is -0.0422. The zero-order chi connectivity index (χ0) is 25.0. The molecule has 2 aromatic carbocycles. The number of likely N-dealkylation sites (tertiary alicyclic amines) is 1. The number of hydrogen-bond acceptors (Lipinski definition) is 4. The van der Waals surface area contributed by atoms with Gasteiger partial charge in [0, 0.05) is 49.5 Å². The minimum atomic E-state index is -4.54. The fraction of sp³-hybridized carbons (Fsp3) is 0.440. The Morgan fingerprint density at radius 2 is 1.69 bits per heavy atom. The highest BCUT2D eigenvalue weighted by molar-refractivity contribution is 5.96. The minimum Gasteiger partial charge on any atom is -0.371 e. The largest absolute Gasteiger partial charge is 0.416 e. The first-order valence-electron chi connectivity index (χ1n) is 11.7. The van der Waals surface area contributed by atoms with Crippen LogP contribution in [0.5, 0.6) is 0 Å². The third-order valence-electron chi connectivity index (χ3n) is 6.62. The highest BCUT2D eigenvalue weighted by Gasteiger charge is 2.32. The second kappa shape index (κ2) is 10.6.